The third-order valence-electron chi connectivity index (χ3n) is 7.91. The van der Waals surface area contributed by atoms with Crippen LogP contribution in [0, 0.1) is 5.41 Å². The fourth-order valence-corrected chi connectivity index (χ4v) is 5.69. The minimum Gasteiger partial charge on any atom is -0.397 e. The van der Waals surface area contributed by atoms with Gasteiger partial charge in [0.1, 0.15) is 0 Å². The summed E-state index contributed by atoms with van der Waals surface area (Å²) >= 11 is 0. The second-order valence-electron chi connectivity index (χ2n) is 9.39. The Hall–Kier alpha value is -1.95. The van der Waals surface area contributed by atoms with E-state index >= 15 is 0 Å². The summed E-state index contributed by atoms with van der Waals surface area (Å²) in [5.74, 6) is 0. The predicted molar refractivity (Wildman–Crippen MR) is 116 cm³/mol. The summed E-state index contributed by atoms with van der Waals surface area (Å²) in [6.45, 7) is 9.73. The van der Waals surface area contributed by atoms with Crippen molar-refractivity contribution in [3.63, 3.8) is 0 Å². The third-order valence-corrected chi connectivity index (χ3v) is 7.91. The lowest BCUT2D eigenvalue weighted by Crippen LogP contribution is -2.66. The van der Waals surface area contributed by atoms with Crippen LogP contribution in [0.4, 0.5) is 16.2 Å². The molecule has 3 aliphatic rings. The molecule has 2 atom stereocenters. The van der Waals surface area contributed by atoms with Crippen LogP contribution in [0.3, 0.4) is 0 Å². The number of nitrogens with one attached hydrogen (secondary N) is 1. The zero-order valence-corrected chi connectivity index (χ0v) is 18.0. The Morgan fingerprint density at radius 3 is 2.46 bits per heavy atom. The number of carbonyl (C=O) groups excluding carboxylic acids is 1. The number of carbonyl (C=O) groups is 1. The molecule has 0 unspecified atom stereocenters. The highest BCUT2D eigenvalue weighted by atomic mass is 16.2. The maximum atomic E-state index is 13.4. The lowest BCUT2D eigenvalue weighted by atomic mass is 9.51. The largest absolute Gasteiger partial charge is 0.397 e. The van der Waals surface area contributed by atoms with Gasteiger partial charge in [-0.3, -0.25) is 0 Å². The van der Waals surface area contributed by atoms with E-state index in [-0.39, 0.29) is 29.1 Å². The molecule has 28 heavy (non-hydrogen) atoms. The van der Waals surface area contributed by atoms with Crippen LogP contribution in [0.15, 0.2) is 12.1 Å². The zero-order valence-electron chi connectivity index (χ0n) is 18.0. The normalized spacial score (nSPS) is 28.2. The average Bonchev–Trinajstić information content (AvgIpc) is 2.65. The minimum absolute atomic E-state index is 0. The van der Waals surface area contributed by atoms with Gasteiger partial charge in [0, 0.05) is 38.1 Å². The van der Waals surface area contributed by atoms with Crippen LogP contribution in [0.25, 0.3) is 0 Å². The number of nitrogen functional groups attached to an aromatic ring is 1. The number of benzene rings is 1. The van der Waals surface area contributed by atoms with Gasteiger partial charge >= 0.3 is 6.03 Å². The Morgan fingerprint density at radius 1 is 1.14 bits per heavy atom. The van der Waals surface area contributed by atoms with Gasteiger partial charge in [-0.05, 0) is 60.8 Å². The first-order valence-electron chi connectivity index (χ1n) is 10.5. The van der Waals surface area contributed by atoms with E-state index in [4.69, 9.17) is 5.73 Å². The highest BCUT2D eigenvalue weighted by molar-refractivity contribution is 5.76. The highest BCUT2D eigenvalue weighted by Crippen LogP contribution is 2.57. The number of rotatable bonds is 1. The van der Waals surface area contributed by atoms with Crippen molar-refractivity contribution >= 4 is 17.4 Å². The van der Waals surface area contributed by atoms with E-state index in [9.17, 15) is 4.79 Å². The molecule has 2 amide bonds. The number of fused-ring (bicyclic) bond motifs is 4. The van der Waals surface area contributed by atoms with Crippen LogP contribution in [-0.4, -0.2) is 48.6 Å². The van der Waals surface area contributed by atoms with Gasteiger partial charge in [-0.1, -0.05) is 20.8 Å². The third kappa shape index (κ3) is 2.84. The molecule has 6 heteroatoms. The first-order chi connectivity index (χ1) is 12.8. The van der Waals surface area contributed by atoms with Crippen LogP contribution in [0.5, 0.6) is 0 Å². The maximum Gasteiger partial charge on any atom is 0.320 e. The number of piperidine rings is 2. The lowest BCUT2D eigenvalue weighted by molar-refractivity contribution is -0.0241. The molecule has 2 aliphatic heterocycles. The molecule has 4 rings (SSSR count). The predicted octanol–water partition coefficient (Wildman–Crippen LogP) is 3.99. The van der Waals surface area contributed by atoms with Crippen molar-refractivity contribution in [2.45, 2.75) is 64.3 Å². The molecule has 1 aliphatic carbocycles. The van der Waals surface area contributed by atoms with E-state index in [1.807, 2.05) is 7.05 Å². The Labute approximate surface area is 169 Å². The van der Waals surface area contributed by atoms with Gasteiger partial charge in [-0.2, -0.15) is 0 Å². The van der Waals surface area contributed by atoms with Crippen molar-refractivity contribution in [3.8, 4) is 0 Å². The molecule has 0 aromatic heterocycles. The Morgan fingerprint density at radius 2 is 1.82 bits per heavy atom. The van der Waals surface area contributed by atoms with Gasteiger partial charge in [-0.25, -0.2) is 4.79 Å². The Balaban J connectivity index is 0.00000225. The molecule has 2 fully saturated rings. The van der Waals surface area contributed by atoms with Crippen molar-refractivity contribution in [1.29, 1.82) is 0 Å². The van der Waals surface area contributed by atoms with E-state index in [0.717, 1.165) is 56.7 Å². The van der Waals surface area contributed by atoms with Crippen molar-refractivity contribution in [3.05, 3.63) is 23.3 Å². The number of nitrogens with zero attached hydrogens (tertiary/aromatic N) is 2. The van der Waals surface area contributed by atoms with Gasteiger partial charge < -0.3 is 27.0 Å². The van der Waals surface area contributed by atoms with E-state index in [2.05, 4.69) is 48.0 Å². The fraction of sp³-hybridized carbons (Fsp3) is 0.682. The average molecular weight is 388 g/mol. The summed E-state index contributed by atoms with van der Waals surface area (Å²) in [4.78, 5) is 17.6. The molecule has 2 bridgehead atoms. The fourth-order valence-electron chi connectivity index (χ4n) is 5.69. The number of hydrogen-bond acceptors (Lipinski definition) is 4. The van der Waals surface area contributed by atoms with E-state index in [1.165, 1.54) is 17.5 Å². The number of amides is 2. The van der Waals surface area contributed by atoms with Crippen LogP contribution in [0.1, 0.15) is 57.6 Å². The maximum absolute atomic E-state index is 13.4. The second kappa shape index (κ2) is 7.14. The molecular weight excluding hydrogens is 350 g/mol. The SMILES string of the molecule is CNc1cc2c(cc1N)[C@]1(C)CCN(C(=O)N3CCCCC3)[C@H](C2)C1(C)C.N. The van der Waals surface area contributed by atoms with E-state index in [1.54, 1.807) is 0 Å². The monoisotopic (exact) mass is 387 g/mol. The second-order valence-corrected chi connectivity index (χ2v) is 9.39. The molecule has 0 spiro atoms. The highest BCUT2D eigenvalue weighted by Gasteiger charge is 2.57. The summed E-state index contributed by atoms with van der Waals surface area (Å²) in [6.07, 6.45) is 5.42. The molecule has 156 valence electrons. The lowest BCUT2D eigenvalue weighted by Gasteiger charge is -2.61. The number of likely N-dealkylation sites (tertiary alicyclic amines) is 2. The van der Waals surface area contributed by atoms with Gasteiger partial charge in [0.2, 0.25) is 0 Å². The first kappa shape index (κ1) is 20.8. The van der Waals surface area contributed by atoms with Crippen molar-refractivity contribution in [1.82, 2.24) is 16.0 Å². The Bertz CT molecular complexity index is 756. The summed E-state index contributed by atoms with van der Waals surface area (Å²) < 4.78 is 0. The minimum atomic E-state index is 0. The number of urea groups is 1. The van der Waals surface area contributed by atoms with Gasteiger partial charge in [0.25, 0.3) is 0 Å². The number of nitrogens with two attached hydrogens (primary N) is 1. The van der Waals surface area contributed by atoms with Gasteiger partial charge in [-0.15, -0.1) is 0 Å². The standard InChI is InChI=1S/C22H34N4O.H3N/c1-21(2)19-13-15-12-18(24-4)17(23)14-16(15)22(21,3)8-11-26(19)20(27)25-9-6-5-7-10-25;/h12,14,19,24H,5-11,13,23H2,1-4H3;1H3/t19-,22+;/m1./s1. The van der Waals surface area contributed by atoms with Crippen molar-refractivity contribution < 1.29 is 4.79 Å². The van der Waals surface area contributed by atoms with Gasteiger partial charge in [0.05, 0.1) is 11.4 Å². The summed E-state index contributed by atoms with van der Waals surface area (Å²) in [5.41, 5.74) is 10.9. The van der Waals surface area contributed by atoms with E-state index < -0.39 is 0 Å². The molecule has 6 N–H and O–H groups in total. The van der Waals surface area contributed by atoms with Crippen LogP contribution in [0.2, 0.25) is 0 Å². The molecule has 2 saturated heterocycles. The van der Waals surface area contributed by atoms with Crippen LogP contribution < -0.4 is 17.2 Å². The number of hydrogen-bond donors (Lipinski definition) is 3. The van der Waals surface area contributed by atoms with Crippen LogP contribution in [-0.2, 0) is 11.8 Å². The molecule has 0 radical (unpaired) electrons. The molecule has 0 saturated carbocycles. The molecule has 1 aromatic rings. The summed E-state index contributed by atoms with van der Waals surface area (Å²) in [7, 11) is 1.92. The smallest absolute Gasteiger partial charge is 0.320 e. The quantitative estimate of drug-likeness (QED) is 0.635. The van der Waals surface area contributed by atoms with Crippen molar-refractivity contribution in [2.24, 2.45) is 5.41 Å². The topological polar surface area (TPSA) is 96.6 Å². The number of anilines is 2. The van der Waals surface area contributed by atoms with E-state index in [0.29, 0.717) is 0 Å². The zero-order chi connectivity index (χ0) is 19.4. The molecule has 1 aromatic carbocycles. The summed E-state index contributed by atoms with van der Waals surface area (Å²) in [6, 6.07) is 4.87. The van der Waals surface area contributed by atoms with Crippen molar-refractivity contribution in [2.75, 3.05) is 37.7 Å². The Kier molecular flexibility index (Phi) is 5.30. The molecule has 6 nitrogen and oxygen atoms in total. The van der Waals surface area contributed by atoms with Gasteiger partial charge in [0.15, 0.2) is 0 Å². The first-order valence-corrected chi connectivity index (χ1v) is 10.5. The molecule has 2 heterocycles. The molecular formula is C22H37N5O. The van der Waals surface area contributed by atoms with Crippen LogP contribution >= 0.6 is 0 Å². The summed E-state index contributed by atoms with van der Waals surface area (Å²) in [5, 5.41) is 3.22.